The van der Waals surface area contributed by atoms with Crippen molar-refractivity contribution in [2.75, 3.05) is 6.54 Å². The number of halogens is 2. The van der Waals surface area contributed by atoms with Crippen molar-refractivity contribution in [2.24, 2.45) is 0 Å². The van der Waals surface area contributed by atoms with Crippen molar-refractivity contribution in [3.63, 3.8) is 0 Å². The third-order valence-electron chi connectivity index (χ3n) is 3.75. The first-order valence-electron chi connectivity index (χ1n) is 8.01. The molecule has 0 bridgehead atoms. The summed E-state index contributed by atoms with van der Waals surface area (Å²) in [6.07, 6.45) is 3.24. The molecule has 1 heterocycles. The summed E-state index contributed by atoms with van der Waals surface area (Å²) in [5.41, 5.74) is 1.87. The van der Waals surface area contributed by atoms with E-state index in [4.69, 9.17) is 4.74 Å². The molecule has 0 atom stereocenters. The van der Waals surface area contributed by atoms with Gasteiger partial charge in [0.15, 0.2) is 0 Å². The monoisotopic (exact) mass is 507 g/mol. The van der Waals surface area contributed by atoms with Gasteiger partial charge in [0.2, 0.25) is 0 Å². The quantitative estimate of drug-likeness (QED) is 0.354. The molecule has 1 aliphatic rings. The molecule has 0 saturated carbocycles. The lowest BCUT2D eigenvalue weighted by molar-refractivity contribution is -0.122. The fraction of sp³-hybridized carbons (Fsp3) is 0.100. The molecule has 3 rings (SSSR count). The van der Waals surface area contributed by atoms with E-state index in [1.54, 1.807) is 6.08 Å². The van der Waals surface area contributed by atoms with E-state index in [1.165, 1.54) is 11.0 Å². The Kier molecular flexibility index (Phi) is 6.57. The number of thioether (sulfide) groups is 1. The van der Waals surface area contributed by atoms with Gasteiger partial charge in [-0.2, -0.15) is 0 Å². The number of imide groups is 1. The minimum atomic E-state index is -0.295. The molecule has 138 valence electrons. The van der Waals surface area contributed by atoms with Gasteiger partial charge in [-0.1, -0.05) is 40.2 Å². The lowest BCUT2D eigenvalue weighted by atomic mass is 10.2. The van der Waals surface area contributed by atoms with Crippen LogP contribution in [0.1, 0.15) is 11.1 Å². The number of benzene rings is 2. The SMILES string of the molecule is C=CCN1C(=O)S/C(=C/c2ccc(OCc3ccc(Br)cc3)c(Br)c2)C1=O. The third kappa shape index (κ3) is 4.91. The molecule has 4 nitrogen and oxygen atoms in total. The molecule has 2 aromatic rings. The first-order chi connectivity index (χ1) is 13.0. The van der Waals surface area contributed by atoms with Crippen LogP contribution in [-0.2, 0) is 11.4 Å². The van der Waals surface area contributed by atoms with Gasteiger partial charge in [0.05, 0.1) is 9.38 Å². The molecule has 7 heteroatoms. The zero-order valence-corrected chi connectivity index (χ0v) is 18.1. The molecule has 0 radical (unpaired) electrons. The first-order valence-corrected chi connectivity index (χ1v) is 10.4. The molecule has 1 saturated heterocycles. The fourth-order valence-corrected chi connectivity index (χ4v) is 4.03. The van der Waals surface area contributed by atoms with E-state index in [-0.39, 0.29) is 17.7 Å². The van der Waals surface area contributed by atoms with Gasteiger partial charge in [0.1, 0.15) is 12.4 Å². The van der Waals surface area contributed by atoms with Gasteiger partial charge < -0.3 is 4.74 Å². The zero-order chi connectivity index (χ0) is 19.4. The Hall–Kier alpha value is -1.83. The van der Waals surface area contributed by atoms with Crippen molar-refractivity contribution in [3.05, 3.63) is 80.1 Å². The average molecular weight is 509 g/mol. The lowest BCUT2D eigenvalue weighted by Crippen LogP contribution is -2.27. The molecule has 0 aliphatic carbocycles. The van der Waals surface area contributed by atoms with Crippen LogP contribution < -0.4 is 4.74 Å². The Bertz CT molecular complexity index is 925. The molecular formula is C20H15Br2NO3S. The summed E-state index contributed by atoms with van der Waals surface area (Å²) in [6.45, 7) is 4.24. The number of amides is 2. The van der Waals surface area contributed by atoms with Gasteiger partial charge in [0.25, 0.3) is 11.1 Å². The second-order valence-corrected chi connectivity index (χ2v) is 8.45. The number of nitrogens with zero attached hydrogens (tertiary/aromatic N) is 1. The first kappa shape index (κ1) is 19.9. The molecule has 0 aromatic heterocycles. The smallest absolute Gasteiger partial charge is 0.293 e. The second-order valence-electron chi connectivity index (χ2n) is 5.69. The van der Waals surface area contributed by atoms with Gasteiger partial charge in [0, 0.05) is 11.0 Å². The van der Waals surface area contributed by atoms with Crippen LogP contribution in [0.3, 0.4) is 0 Å². The standard InChI is InChI=1S/C20H15Br2NO3S/c1-2-9-23-19(24)18(27-20(23)25)11-14-5-8-17(16(22)10-14)26-12-13-3-6-15(21)7-4-13/h2-8,10-11H,1,9,12H2/b18-11+. The fourth-order valence-electron chi connectivity index (χ4n) is 2.40. The lowest BCUT2D eigenvalue weighted by Gasteiger charge is -2.09. The molecule has 0 spiro atoms. The predicted octanol–water partition coefficient (Wildman–Crippen LogP) is 6.01. The van der Waals surface area contributed by atoms with Crippen LogP contribution in [0.25, 0.3) is 6.08 Å². The topological polar surface area (TPSA) is 46.6 Å². The summed E-state index contributed by atoms with van der Waals surface area (Å²) in [6, 6.07) is 13.5. The molecule has 2 aromatic carbocycles. The van der Waals surface area contributed by atoms with Crippen LogP contribution in [0.15, 0.2) is 69.0 Å². The summed E-state index contributed by atoms with van der Waals surface area (Å²) in [5, 5.41) is -0.278. The highest BCUT2D eigenvalue weighted by Gasteiger charge is 2.34. The highest BCUT2D eigenvalue weighted by molar-refractivity contribution is 9.10. The van der Waals surface area contributed by atoms with E-state index < -0.39 is 0 Å². The second kappa shape index (κ2) is 8.91. The Balaban J connectivity index is 1.71. The van der Waals surface area contributed by atoms with Crippen LogP contribution >= 0.6 is 43.6 Å². The number of ether oxygens (including phenoxy) is 1. The summed E-state index contributed by atoms with van der Waals surface area (Å²) in [4.78, 5) is 25.7. The van der Waals surface area contributed by atoms with Gasteiger partial charge in [-0.15, -0.1) is 6.58 Å². The van der Waals surface area contributed by atoms with Crippen LogP contribution in [-0.4, -0.2) is 22.6 Å². The minimum absolute atomic E-state index is 0.217. The van der Waals surface area contributed by atoms with Gasteiger partial charge in [-0.05, 0) is 69.2 Å². The van der Waals surface area contributed by atoms with Crippen LogP contribution in [0.2, 0.25) is 0 Å². The maximum atomic E-state index is 12.3. The molecule has 0 unspecified atom stereocenters. The number of rotatable bonds is 6. The molecule has 2 amide bonds. The number of carbonyl (C=O) groups is 2. The predicted molar refractivity (Wildman–Crippen MR) is 115 cm³/mol. The largest absolute Gasteiger partial charge is 0.488 e. The third-order valence-corrected chi connectivity index (χ3v) is 5.80. The summed E-state index contributed by atoms with van der Waals surface area (Å²) < 4.78 is 7.65. The van der Waals surface area contributed by atoms with Crippen LogP contribution in [0.5, 0.6) is 5.75 Å². The molecule has 1 aliphatic heterocycles. The van der Waals surface area contributed by atoms with Gasteiger partial charge in [-0.25, -0.2) is 0 Å². The van der Waals surface area contributed by atoms with Crippen LogP contribution in [0.4, 0.5) is 4.79 Å². The van der Waals surface area contributed by atoms with Crippen molar-refractivity contribution < 1.29 is 14.3 Å². The summed E-state index contributed by atoms with van der Waals surface area (Å²) in [5.74, 6) is 0.409. The summed E-state index contributed by atoms with van der Waals surface area (Å²) >= 11 is 7.85. The number of carbonyl (C=O) groups excluding carboxylic acids is 2. The number of hydrogen-bond acceptors (Lipinski definition) is 4. The Labute approximate surface area is 178 Å². The van der Waals surface area contributed by atoms with Crippen molar-refractivity contribution in [1.29, 1.82) is 0 Å². The Morgan fingerprint density at radius 2 is 1.85 bits per heavy atom. The molecule has 0 N–H and O–H groups in total. The minimum Gasteiger partial charge on any atom is -0.488 e. The van der Waals surface area contributed by atoms with Crippen molar-refractivity contribution in [1.82, 2.24) is 4.90 Å². The highest BCUT2D eigenvalue weighted by atomic mass is 79.9. The van der Waals surface area contributed by atoms with E-state index in [9.17, 15) is 9.59 Å². The van der Waals surface area contributed by atoms with E-state index in [0.717, 1.165) is 31.8 Å². The van der Waals surface area contributed by atoms with Crippen molar-refractivity contribution in [2.45, 2.75) is 6.61 Å². The number of hydrogen-bond donors (Lipinski definition) is 0. The maximum absolute atomic E-state index is 12.3. The van der Waals surface area contributed by atoms with Gasteiger partial charge >= 0.3 is 0 Å². The molecular weight excluding hydrogens is 494 g/mol. The van der Waals surface area contributed by atoms with E-state index in [0.29, 0.717) is 17.3 Å². The normalized spacial score (nSPS) is 15.5. The Morgan fingerprint density at radius 3 is 2.52 bits per heavy atom. The van der Waals surface area contributed by atoms with Crippen LogP contribution in [0, 0.1) is 0 Å². The Morgan fingerprint density at radius 1 is 1.11 bits per heavy atom. The van der Waals surface area contributed by atoms with E-state index in [1.807, 2.05) is 42.5 Å². The average Bonchev–Trinajstić information content (AvgIpc) is 2.90. The summed E-state index contributed by atoms with van der Waals surface area (Å²) in [7, 11) is 0. The van der Waals surface area contributed by atoms with Gasteiger partial charge in [-0.3, -0.25) is 14.5 Å². The van der Waals surface area contributed by atoms with Crippen molar-refractivity contribution >= 4 is 60.8 Å². The molecule has 1 fully saturated rings. The maximum Gasteiger partial charge on any atom is 0.293 e. The van der Waals surface area contributed by atoms with E-state index in [2.05, 4.69) is 38.4 Å². The van der Waals surface area contributed by atoms with E-state index >= 15 is 0 Å². The zero-order valence-electron chi connectivity index (χ0n) is 14.2. The van der Waals surface area contributed by atoms with Crippen molar-refractivity contribution in [3.8, 4) is 5.75 Å². The molecule has 27 heavy (non-hydrogen) atoms. The highest BCUT2D eigenvalue weighted by Crippen LogP contribution is 2.34.